The van der Waals surface area contributed by atoms with E-state index >= 15 is 0 Å². The predicted molar refractivity (Wildman–Crippen MR) is 107 cm³/mol. The van der Waals surface area contributed by atoms with Crippen LogP contribution < -0.4 is 5.32 Å². The van der Waals surface area contributed by atoms with E-state index in [0.29, 0.717) is 25.0 Å². The summed E-state index contributed by atoms with van der Waals surface area (Å²) in [5, 5.41) is 3.60. The lowest BCUT2D eigenvalue weighted by Gasteiger charge is -2.34. The molecule has 4 atom stereocenters. The molecule has 0 amide bonds. The molecule has 2 aliphatic carbocycles. The first-order valence-electron chi connectivity index (χ1n) is 10.4. The monoisotopic (exact) mass is 369 g/mol. The first-order valence-corrected chi connectivity index (χ1v) is 10.4. The molecule has 2 fully saturated rings. The molecule has 5 heteroatoms. The van der Waals surface area contributed by atoms with Gasteiger partial charge in [0.1, 0.15) is 0 Å². The average Bonchev–Trinajstić information content (AvgIpc) is 3.43. The second kappa shape index (κ2) is 7.91. The van der Waals surface area contributed by atoms with E-state index in [4.69, 9.17) is 4.74 Å². The molecular formula is C22H31N3O2. The van der Waals surface area contributed by atoms with Gasteiger partial charge in [-0.15, -0.1) is 0 Å². The summed E-state index contributed by atoms with van der Waals surface area (Å²) in [5.74, 6) is 3.07. The highest BCUT2D eigenvalue weighted by molar-refractivity contribution is 5.81. The molecule has 5 nitrogen and oxygen atoms in total. The molecule has 3 unspecified atom stereocenters. The van der Waals surface area contributed by atoms with Gasteiger partial charge in [-0.25, -0.2) is 0 Å². The lowest BCUT2D eigenvalue weighted by Crippen LogP contribution is -2.48. The van der Waals surface area contributed by atoms with E-state index in [9.17, 15) is 4.79 Å². The Hall–Kier alpha value is -2.04. The van der Waals surface area contributed by atoms with Crippen LogP contribution in [-0.2, 0) is 16.0 Å². The van der Waals surface area contributed by atoms with Gasteiger partial charge >= 0.3 is 5.97 Å². The number of benzene rings is 1. The van der Waals surface area contributed by atoms with Crippen molar-refractivity contribution < 1.29 is 9.53 Å². The zero-order valence-electron chi connectivity index (χ0n) is 16.5. The van der Waals surface area contributed by atoms with Crippen LogP contribution in [0.3, 0.4) is 0 Å². The number of carbonyl (C=O) groups excluding carboxylic acids is 1. The Labute approximate surface area is 162 Å². The van der Waals surface area contributed by atoms with Gasteiger partial charge in [0, 0.05) is 26.7 Å². The molecule has 1 aliphatic heterocycles. The fourth-order valence-electron chi connectivity index (χ4n) is 5.15. The third-order valence-corrected chi connectivity index (χ3v) is 6.54. The van der Waals surface area contributed by atoms with Crippen molar-refractivity contribution in [1.29, 1.82) is 0 Å². The second-order valence-electron chi connectivity index (χ2n) is 8.06. The van der Waals surface area contributed by atoms with Crippen molar-refractivity contribution in [2.24, 2.45) is 22.7 Å². The maximum Gasteiger partial charge on any atom is 0.310 e. The maximum absolute atomic E-state index is 12.1. The second-order valence-corrected chi connectivity index (χ2v) is 8.06. The van der Waals surface area contributed by atoms with Crippen LogP contribution in [0.1, 0.15) is 43.2 Å². The van der Waals surface area contributed by atoms with Crippen molar-refractivity contribution in [2.45, 2.75) is 38.5 Å². The summed E-state index contributed by atoms with van der Waals surface area (Å²) in [4.78, 5) is 18.8. The molecule has 1 N–H and O–H groups in total. The van der Waals surface area contributed by atoms with Crippen molar-refractivity contribution >= 4 is 11.9 Å². The molecule has 0 spiro atoms. The van der Waals surface area contributed by atoms with Crippen LogP contribution in [0.25, 0.3) is 0 Å². The van der Waals surface area contributed by atoms with Gasteiger partial charge in [-0.3, -0.25) is 9.79 Å². The van der Waals surface area contributed by atoms with Crippen molar-refractivity contribution in [3.63, 3.8) is 0 Å². The first kappa shape index (κ1) is 18.3. The van der Waals surface area contributed by atoms with Crippen LogP contribution >= 0.6 is 0 Å². The molecule has 1 heterocycles. The third-order valence-electron chi connectivity index (χ3n) is 6.54. The SMILES string of the molecule is CCOC(=O)[C@@H]1CCCN(C(=NC)NCC2C3CCc4ccccc4C32)C1. The Morgan fingerprint density at radius 1 is 1.33 bits per heavy atom. The Kier molecular flexibility index (Phi) is 5.37. The summed E-state index contributed by atoms with van der Waals surface area (Å²) in [5.41, 5.74) is 3.11. The Morgan fingerprint density at radius 2 is 2.19 bits per heavy atom. The molecule has 1 aromatic rings. The molecule has 1 saturated carbocycles. The van der Waals surface area contributed by atoms with Gasteiger partial charge in [0.05, 0.1) is 12.5 Å². The van der Waals surface area contributed by atoms with E-state index in [-0.39, 0.29) is 11.9 Å². The minimum Gasteiger partial charge on any atom is -0.466 e. The van der Waals surface area contributed by atoms with E-state index < -0.39 is 0 Å². The minimum atomic E-state index is -0.0672. The molecule has 27 heavy (non-hydrogen) atoms. The van der Waals surface area contributed by atoms with Crippen LogP contribution in [0.4, 0.5) is 0 Å². The molecule has 1 saturated heterocycles. The molecule has 0 bridgehead atoms. The molecule has 146 valence electrons. The number of esters is 1. The predicted octanol–water partition coefficient (Wildman–Crippen LogP) is 2.81. The summed E-state index contributed by atoms with van der Waals surface area (Å²) < 4.78 is 5.22. The zero-order valence-corrected chi connectivity index (χ0v) is 16.5. The van der Waals surface area contributed by atoms with Gasteiger partial charge in [0.2, 0.25) is 0 Å². The molecular weight excluding hydrogens is 338 g/mol. The number of likely N-dealkylation sites (tertiary alicyclic amines) is 1. The first-order chi connectivity index (χ1) is 13.2. The van der Waals surface area contributed by atoms with Crippen LogP contribution in [0.2, 0.25) is 0 Å². The van der Waals surface area contributed by atoms with Crippen LogP contribution in [0, 0.1) is 17.8 Å². The zero-order chi connectivity index (χ0) is 18.8. The molecule has 4 rings (SSSR count). The van der Waals surface area contributed by atoms with Gasteiger partial charge in [0.25, 0.3) is 0 Å². The van der Waals surface area contributed by atoms with Crippen molar-refractivity contribution in [3.05, 3.63) is 35.4 Å². The highest BCUT2D eigenvalue weighted by Gasteiger charge is 2.52. The minimum absolute atomic E-state index is 0.0346. The van der Waals surface area contributed by atoms with E-state index in [0.717, 1.165) is 37.8 Å². The molecule has 3 aliphatic rings. The van der Waals surface area contributed by atoms with Crippen molar-refractivity contribution in [3.8, 4) is 0 Å². The summed E-state index contributed by atoms with van der Waals surface area (Å²) in [6.07, 6.45) is 4.44. The quantitative estimate of drug-likeness (QED) is 0.504. The number of carbonyl (C=O) groups is 1. The molecule has 0 aromatic heterocycles. The van der Waals surface area contributed by atoms with Crippen LogP contribution in [-0.4, -0.2) is 50.1 Å². The highest BCUT2D eigenvalue weighted by Crippen LogP contribution is 2.59. The number of guanidine groups is 1. The average molecular weight is 370 g/mol. The van der Waals surface area contributed by atoms with E-state index in [1.807, 2.05) is 14.0 Å². The largest absolute Gasteiger partial charge is 0.466 e. The summed E-state index contributed by atoms with van der Waals surface area (Å²) in [6.45, 7) is 4.95. The summed E-state index contributed by atoms with van der Waals surface area (Å²) in [6, 6.07) is 8.94. The Bertz CT molecular complexity index is 717. The molecule has 0 radical (unpaired) electrons. The third kappa shape index (κ3) is 3.69. The van der Waals surface area contributed by atoms with Gasteiger partial charge in [0.15, 0.2) is 5.96 Å². The summed E-state index contributed by atoms with van der Waals surface area (Å²) >= 11 is 0. The van der Waals surface area contributed by atoms with Gasteiger partial charge in [-0.05, 0) is 61.5 Å². The number of hydrogen-bond donors (Lipinski definition) is 1. The van der Waals surface area contributed by atoms with Gasteiger partial charge < -0.3 is 15.0 Å². The number of aryl methyl sites for hydroxylation is 1. The number of fused-ring (bicyclic) bond motifs is 3. The number of piperidine rings is 1. The lowest BCUT2D eigenvalue weighted by atomic mass is 9.92. The number of ether oxygens (including phenoxy) is 1. The Morgan fingerprint density at radius 3 is 3.00 bits per heavy atom. The normalized spacial score (nSPS) is 29.6. The fraction of sp³-hybridized carbons (Fsp3) is 0.636. The van der Waals surface area contributed by atoms with E-state index in [1.165, 1.54) is 12.8 Å². The maximum atomic E-state index is 12.1. The number of aliphatic imine (C=N–C) groups is 1. The van der Waals surface area contributed by atoms with Crippen LogP contribution in [0.15, 0.2) is 29.3 Å². The van der Waals surface area contributed by atoms with Crippen LogP contribution in [0.5, 0.6) is 0 Å². The van der Waals surface area contributed by atoms with Crippen molar-refractivity contribution in [1.82, 2.24) is 10.2 Å². The van der Waals surface area contributed by atoms with Crippen molar-refractivity contribution in [2.75, 3.05) is 33.3 Å². The molecule has 1 aromatic carbocycles. The van der Waals surface area contributed by atoms with Gasteiger partial charge in [-0.2, -0.15) is 0 Å². The van der Waals surface area contributed by atoms with Gasteiger partial charge in [-0.1, -0.05) is 24.3 Å². The standard InChI is InChI=1S/C22H31N3O2/c1-3-27-21(26)16-8-6-12-25(14-16)22(23-2)24-13-19-18-11-10-15-7-4-5-9-17(15)20(18)19/h4-5,7,9,16,18-20H,3,6,8,10-14H2,1-2H3,(H,23,24)/t16-,18?,19?,20?/m1/s1. The number of rotatable bonds is 4. The number of hydrogen-bond acceptors (Lipinski definition) is 3. The summed E-state index contributed by atoms with van der Waals surface area (Å²) in [7, 11) is 1.84. The fourth-order valence-corrected chi connectivity index (χ4v) is 5.15. The number of nitrogens with one attached hydrogen (secondary N) is 1. The van der Waals surface area contributed by atoms with E-state index in [1.54, 1.807) is 11.1 Å². The lowest BCUT2D eigenvalue weighted by molar-refractivity contribution is -0.149. The Balaban J connectivity index is 1.34. The topological polar surface area (TPSA) is 53.9 Å². The van der Waals surface area contributed by atoms with E-state index in [2.05, 4.69) is 39.5 Å². The smallest absolute Gasteiger partial charge is 0.310 e. The number of nitrogens with zero attached hydrogens (tertiary/aromatic N) is 2. The highest BCUT2D eigenvalue weighted by atomic mass is 16.5.